The molecule has 5 nitrogen and oxygen atoms in total. The van der Waals surface area contributed by atoms with Gasteiger partial charge in [0.2, 0.25) is 0 Å². The summed E-state index contributed by atoms with van der Waals surface area (Å²) in [7, 11) is 0. The number of rotatable bonds is 5. The van der Waals surface area contributed by atoms with Crippen LogP contribution in [0.1, 0.15) is 30.0 Å². The van der Waals surface area contributed by atoms with E-state index in [1.54, 1.807) is 12.3 Å². The number of hydrogen-bond donors (Lipinski definition) is 2. The van der Waals surface area contributed by atoms with Gasteiger partial charge in [0.25, 0.3) is 5.56 Å². The quantitative estimate of drug-likeness (QED) is 0.288. The van der Waals surface area contributed by atoms with Gasteiger partial charge in [0.15, 0.2) is 5.76 Å². The van der Waals surface area contributed by atoms with Crippen molar-refractivity contribution in [1.82, 2.24) is 15.4 Å². The van der Waals surface area contributed by atoms with Crippen molar-refractivity contribution in [3.63, 3.8) is 0 Å². The predicted molar refractivity (Wildman–Crippen MR) is 128 cm³/mol. The van der Waals surface area contributed by atoms with Crippen molar-refractivity contribution in [3.05, 3.63) is 111 Å². The van der Waals surface area contributed by atoms with Crippen LogP contribution in [0.2, 0.25) is 5.02 Å². The van der Waals surface area contributed by atoms with Crippen LogP contribution < -0.4 is 5.56 Å². The number of H-pyrrole nitrogens is 2. The molecular weight excluding hydrogens is 441 g/mol. The van der Waals surface area contributed by atoms with Crippen LogP contribution in [0.4, 0.5) is 4.39 Å². The molecule has 0 radical (unpaired) electrons. The molecule has 7 heteroatoms. The van der Waals surface area contributed by atoms with E-state index in [9.17, 15) is 9.18 Å². The van der Waals surface area contributed by atoms with Gasteiger partial charge < -0.3 is 4.52 Å². The standard InChI is InChI=1S/C26H19ClFN3O2/c1-2-20(21-9-8-19(28)12-22(21)27)26(17-7-10-23-18(11-17)14-29-30-23)16-5-3-15(4-6-16)24-13-25(32)31-33-24/h3-14H,2H2,1H3,(H,29,30)(H,31,32)/b26-20+. The van der Waals surface area contributed by atoms with Crippen molar-refractivity contribution in [1.29, 1.82) is 0 Å². The first-order valence-electron chi connectivity index (χ1n) is 10.4. The van der Waals surface area contributed by atoms with Gasteiger partial charge in [-0.3, -0.25) is 9.89 Å². The number of nitrogens with one attached hydrogen (secondary N) is 2. The number of allylic oxidation sites excluding steroid dienone is 1. The largest absolute Gasteiger partial charge is 0.378 e. The summed E-state index contributed by atoms with van der Waals surface area (Å²) < 4.78 is 19.0. The minimum absolute atomic E-state index is 0.290. The molecule has 0 amide bonds. The highest BCUT2D eigenvalue weighted by Gasteiger charge is 2.17. The highest BCUT2D eigenvalue weighted by molar-refractivity contribution is 6.32. The fourth-order valence-corrected chi connectivity index (χ4v) is 4.36. The zero-order valence-corrected chi connectivity index (χ0v) is 18.4. The molecular formula is C26H19ClFN3O2. The van der Waals surface area contributed by atoms with Crippen molar-refractivity contribution in [2.45, 2.75) is 13.3 Å². The lowest BCUT2D eigenvalue weighted by Crippen LogP contribution is -1.96. The van der Waals surface area contributed by atoms with E-state index in [-0.39, 0.29) is 11.4 Å². The van der Waals surface area contributed by atoms with Crippen molar-refractivity contribution in [3.8, 4) is 11.3 Å². The Morgan fingerprint density at radius 2 is 1.82 bits per heavy atom. The Morgan fingerprint density at radius 1 is 1.03 bits per heavy atom. The maximum Gasteiger partial charge on any atom is 0.280 e. The molecule has 0 saturated heterocycles. The second-order valence-electron chi connectivity index (χ2n) is 7.66. The van der Waals surface area contributed by atoms with Gasteiger partial charge in [0.1, 0.15) is 5.82 Å². The SMILES string of the molecule is CC/C(=C(/c1ccc(-c2cc(=O)[nH]o2)cc1)c1ccc2[nH]ncc2c1)c1ccc(F)cc1Cl. The number of nitrogens with zero attached hydrogens (tertiary/aromatic N) is 1. The van der Waals surface area contributed by atoms with Crippen molar-refractivity contribution < 1.29 is 8.91 Å². The Hall–Kier alpha value is -3.90. The summed E-state index contributed by atoms with van der Waals surface area (Å²) in [5.74, 6) is 0.0899. The number of aromatic amines is 2. The molecule has 5 rings (SSSR count). The molecule has 2 heterocycles. The molecule has 5 aromatic rings. The van der Waals surface area contributed by atoms with E-state index in [0.29, 0.717) is 17.2 Å². The maximum absolute atomic E-state index is 13.8. The molecule has 0 aliphatic rings. The topological polar surface area (TPSA) is 74.7 Å². The summed E-state index contributed by atoms with van der Waals surface area (Å²) in [6.45, 7) is 2.05. The van der Waals surface area contributed by atoms with Crippen LogP contribution in [0.5, 0.6) is 0 Å². The third-order valence-electron chi connectivity index (χ3n) is 5.62. The number of halogens is 2. The highest BCUT2D eigenvalue weighted by atomic mass is 35.5. The third-order valence-corrected chi connectivity index (χ3v) is 5.94. The van der Waals surface area contributed by atoms with Crippen LogP contribution in [-0.4, -0.2) is 15.4 Å². The first-order chi connectivity index (χ1) is 16.0. The van der Waals surface area contributed by atoms with Gasteiger partial charge >= 0.3 is 0 Å². The fourth-order valence-electron chi connectivity index (χ4n) is 4.08. The lowest BCUT2D eigenvalue weighted by Gasteiger charge is -2.18. The summed E-state index contributed by atoms with van der Waals surface area (Å²) in [6, 6.07) is 19.7. The van der Waals surface area contributed by atoms with Crippen LogP contribution in [0.3, 0.4) is 0 Å². The zero-order valence-electron chi connectivity index (χ0n) is 17.7. The molecule has 0 aliphatic carbocycles. The zero-order chi connectivity index (χ0) is 22.9. The summed E-state index contributed by atoms with van der Waals surface area (Å²) in [5.41, 5.74) is 6.12. The van der Waals surface area contributed by atoms with Gasteiger partial charge in [0.05, 0.1) is 22.8 Å². The second kappa shape index (κ2) is 8.56. The molecule has 2 N–H and O–H groups in total. The lowest BCUT2D eigenvalue weighted by molar-refractivity contribution is 0.426. The summed E-state index contributed by atoms with van der Waals surface area (Å²) >= 11 is 6.47. The number of benzene rings is 3. The molecule has 0 saturated carbocycles. The predicted octanol–water partition coefficient (Wildman–Crippen LogP) is 6.67. The Kier molecular flexibility index (Phi) is 5.44. The number of aromatic nitrogens is 3. The number of hydrogen-bond acceptors (Lipinski definition) is 3. The van der Waals surface area contributed by atoms with Crippen LogP contribution in [0.25, 0.3) is 33.4 Å². The van der Waals surface area contributed by atoms with E-state index >= 15 is 0 Å². The van der Waals surface area contributed by atoms with Crippen LogP contribution >= 0.6 is 11.6 Å². The first-order valence-corrected chi connectivity index (χ1v) is 10.8. The van der Waals surface area contributed by atoms with E-state index in [4.69, 9.17) is 16.1 Å². The minimum atomic E-state index is -0.377. The molecule has 0 fully saturated rings. The van der Waals surface area contributed by atoms with Crippen molar-refractivity contribution in [2.24, 2.45) is 0 Å². The van der Waals surface area contributed by atoms with Crippen LogP contribution in [-0.2, 0) is 0 Å². The first kappa shape index (κ1) is 21.0. The van der Waals surface area contributed by atoms with Gasteiger partial charge in [-0.05, 0) is 58.5 Å². The van der Waals surface area contributed by atoms with Crippen LogP contribution in [0, 0.1) is 5.82 Å². The van der Waals surface area contributed by atoms with E-state index in [0.717, 1.165) is 44.3 Å². The van der Waals surface area contributed by atoms with Gasteiger partial charge in [0, 0.05) is 10.9 Å². The lowest BCUT2D eigenvalue weighted by atomic mass is 9.87. The van der Waals surface area contributed by atoms with Gasteiger partial charge in [-0.2, -0.15) is 10.3 Å². The Morgan fingerprint density at radius 3 is 2.52 bits per heavy atom. The molecule has 0 atom stereocenters. The Balaban J connectivity index is 1.73. The second-order valence-corrected chi connectivity index (χ2v) is 8.06. The molecule has 0 spiro atoms. The van der Waals surface area contributed by atoms with Crippen molar-refractivity contribution in [2.75, 3.05) is 0 Å². The average molecular weight is 460 g/mol. The molecule has 0 aliphatic heterocycles. The summed E-state index contributed by atoms with van der Waals surface area (Å²) in [5, 5.41) is 10.8. The average Bonchev–Trinajstić information content (AvgIpc) is 3.46. The van der Waals surface area contributed by atoms with E-state index in [2.05, 4.69) is 21.4 Å². The fraction of sp³-hybridized carbons (Fsp3) is 0.0769. The molecule has 3 aromatic carbocycles. The summed E-state index contributed by atoms with van der Waals surface area (Å²) in [6.07, 6.45) is 2.46. The highest BCUT2D eigenvalue weighted by Crippen LogP contribution is 2.38. The monoisotopic (exact) mass is 459 g/mol. The minimum Gasteiger partial charge on any atom is -0.378 e. The molecule has 33 heavy (non-hydrogen) atoms. The van der Waals surface area contributed by atoms with Gasteiger partial charge in [-0.15, -0.1) is 0 Å². The van der Waals surface area contributed by atoms with E-state index in [1.807, 2.05) is 43.3 Å². The third kappa shape index (κ3) is 4.01. The Labute approximate surface area is 193 Å². The number of fused-ring (bicyclic) bond motifs is 1. The molecule has 0 bridgehead atoms. The van der Waals surface area contributed by atoms with Gasteiger partial charge in [-0.1, -0.05) is 54.9 Å². The van der Waals surface area contributed by atoms with Crippen molar-refractivity contribution >= 4 is 33.7 Å². The van der Waals surface area contributed by atoms with E-state index < -0.39 is 0 Å². The smallest absolute Gasteiger partial charge is 0.280 e. The van der Waals surface area contributed by atoms with E-state index in [1.165, 1.54) is 18.2 Å². The Bertz CT molecular complexity index is 1540. The normalized spacial score (nSPS) is 12.2. The summed E-state index contributed by atoms with van der Waals surface area (Å²) in [4.78, 5) is 11.4. The maximum atomic E-state index is 13.8. The van der Waals surface area contributed by atoms with Crippen LogP contribution in [0.15, 0.2) is 82.2 Å². The molecule has 0 unspecified atom stereocenters. The molecule has 2 aromatic heterocycles. The van der Waals surface area contributed by atoms with Gasteiger partial charge in [-0.25, -0.2) is 4.39 Å². The molecule has 164 valence electrons.